The maximum Gasteiger partial charge on any atom is 0.254 e. The van der Waals surface area contributed by atoms with Gasteiger partial charge in [0.2, 0.25) is 0 Å². The fourth-order valence-corrected chi connectivity index (χ4v) is 2.83. The van der Waals surface area contributed by atoms with Crippen LogP contribution in [0.15, 0.2) is 12.1 Å². The first-order valence-corrected chi connectivity index (χ1v) is 7.52. The van der Waals surface area contributed by atoms with Crippen molar-refractivity contribution in [1.29, 1.82) is 0 Å². The van der Waals surface area contributed by atoms with Gasteiger partial charge in [0, 0.05) is 38.3 Å². The Morgan fingerprint density at radius 2 is 1.91 bits per heavy atom. The Morgan fingerprint density at radius 3 is 2.45 bits per heavy atom. The number of hydrogen-bond acceptors (Lipinski definition) is 5. The number of carbonyl (C=O) groups excluding carboxylic acids is 1. The van der Waals surface area contributed by atoms with Gasteiger partial charge in [-0.3, -0.25) is 9.69 Å². The van der Waals surface area contributed by atoms with Crippen molar-refractivity contribution < 1.29 is 19.4 Å². The van der Waals surface area contributed by atoms with Crippen molar-refractivity contribution >= 4 is 17.5 Å². The molecule has 122 valence electrons. The Bertz CT molecular complexity index is 531. The molecule has 1 amide bonds. The van der Waals surface area contributed by atoms with Crippen molar-refractivity contribution in [1.82, 2.24) is 9.80 Å². The molecule has 1 aliphatic rings. The van der Waals surface area contributed by atoms with Crippen molar-refractivity contribution in [2.75, 3.05) is 53.6 Å². The SMILES string of the molecule is COc1cc(C(=O)N2CCN(CCO)CC2)cc(Cl)c1OC. The molecule has 1 saturated heterocycles. The number of rotatable bonds is 5. The Morgan fingerprint density at radius 1 is 1.23 bits per heavy atom. The van der Waals surface area contributed by atoms with Crippen LogP contribution in [0.25, 0.3) is 0 Å². The Balaban J connectivity index is 2.12. The topological polar surface area (TPSA) is 62.2 Å². The molecule has 0 spiro atoms. The highest BCUT2D eigenvalue weighted by molar-refractivity contribution is 6.32. The molecule has 0 atom stereocenters. The summed E-state index contributed by atoms with van der Waals surface area (Å²) in [5.41, 5.74) is 0.484. The second-order valence-electron chi connectivity index (χ2n) is 5.05. The van der Waals surface area contributed by atoms with E-state index in [-0.39, 0.29) is 12.5 Å². The summed E-state index contributed by atoms with van der Waals surface area (Å²) in [6.45, 7) is 3.56. The number of aliphatic hydroxyl groups is 1. The molecular weight excluding hydrogens is 308 g/mol. The summed E-state index contributed by atoms with van der Waals surface area (Å²) in [5.74, 6) is 0.789. The van der Waals surface area contributed by atoms with E-state index >= 15 is 0 Å². The quantitative estimate of drug-likeness (QED) is 0.877. The van der Waals surface area contributed by atoms with Gasteiger partial charge in [-0.05, 0) is 12.1 Å². The van der Waals surface area contributed by atoms with Gasteiger partial charge < -0.3 is 19.5 Å². The first kappa shape index (κ1) is 16.9. The molecule has 0 unspecified atom stereocenters. The van der Waals surface area contributed by atoms with Crippen LogP contribution in [0.2, 0.25) is 5.02 Å². The molecule has 6 nitrogen and oxygen atoms in total. The number of β-amino-alcohol motifs (C(OH)–C–C–N with tert-alkyl or cyclic N) is 1. The third-order valence-corrected chi connectivity index (χ3v) is 4.04. The van der Waals surface area contributed by atoms with Gasteiger partial charge in [0.1, 0.15) is 0 Å². The minimum absolute atomic E-state index is 0.0773. The maximum atomic E-state index is 12.6. The predicted octanol–water partition coefficient (Wildman–Crippen LogP) is 1.11. The molecule has 7 heteroatoms. The molecule has 1 heterocycles. The molecule has 1 fully saturated rings. The lowest BCUT2D eigenvalue weighted by molar-refractivity contribution is 0.0614. The summed E-state index contributed by atoms with van der Waals surface area (Å²) in [6, 6.07) is 3.25. The third-order valence-electron chi connectivity index (χ3n) is 3.76. The minimum Gasteiger partial charge on any atom is -0.493 e. The van der Waals surface area contributed by atoms with E-state index in [1.807, 2.05) is 0 Å². The number of piperazine rings is 1. The van der Waals surface area contributed by atoms with Crippen LogP contribution in [-0.4, -0.2) is 74.4 Å². The number of benzene rings is 1. The van der Waals surface area contributed by atoms with E-state index in [1.165, 1.54) is 14.2 Å². The van der Waals surface area contributed by atoms with Crippen LogP contribution in [0.4, 0.5) is 0 Å². The predicted molar refractivity (Wildman–Crippen MR) is 84.0 cm³/mol. The van der Waals surface area contributed by atoms with E-state index in [9.17, 15) is 4.79 Å². The largest absolute Gasteiger partial charge is 0.493 e. The Labute approximate surface area is 135 Å². The fraction of sp³-hybridized carbons (Fsp3) is 0.533. The molecule has 0 aliphatic carbocycles. The second kappa shape index (κ2) is 7.67. The van der Waals surface area contributed by atoms with Crippen molar-refractivity contribution in [2.24, 2.45) is 0 Å². The molecule has 22 heavy (non-hydrogen) atoms. The van der Waals surface area contributed by atoms with Gasteiger partial charge in [0.05, 0.1) is 25.8 Å². The first-order chi connectivity index (χ1) is 10.6. The van der Waals surface area contributed by atoms with Crippen LogP contribution in [0.5, 0.6) is 11.5 Å². The number of methoxy groups -OCH3 is 2. The molecule has 0 radical (unpaired) electrons. The summed E-state index contributed by atoms with van der Waals surface area (Å²) in [6.07, 6.45) is 0. The summed E-state index contributed by atoms with van der Waals surface area (Å²) in [7, 11) is 3.02. The summed E-state index contributed by atoms with van der Waals surface area (Å²) < 4.78 is 10.4. The van der Waals surface area contributed by atoms with E-state index in [4.69, 9.17) is 26.2 Å². The number of aliphatic hydroxyl groups excluding tert-OH is 1. The van der Waals surface area contributed by atoms with E-state index in [0.29, 0.717) is 41.7 Å². The molecule has 1 aromatic carbocycles. The van der Waals surface area contributed by atoms with Gasteiger partial charge in [-0.25, -0.2) is 0 Å². The van der Waals surface area contributed by atoms with Gasteiger partial charge in [-0.1, -0.05) is 11.6 Å². The molecule has 0 aromatic heterocycles. The fourth-order valence-electron chi connectivity index (χ4n) is 2.54. The average Bonchev–Trinajstić information content (AvgIpc) is 2.54. The minimum atomic E-state index is -0.0773. The van der Waals surface area contributed by atoms with E-state index in [2.05, 4.69) is 4.90 Å². The Kier molecular flexibility index (Phi) is 5.88. The highest BCUT2D eigenvalue weighted by Crippen LogP contribution is 2.36. The number of halogens is 1. The lowest BCUT2D eigenvalue weighted by Gasteiger charge is -2.34. The normalized spacial score (nSPS) is 15.7. The first-order valence-electron chi connectivity index (χ1n) is 7.14. The zero-order valence-electron chi connectivity index (χ0n) is 12.8. The molecule has 1 N–H and O–H groups in total. The molecular formula is C15H21ClN2O4. The summed E-state index contributed by atoms with van der Waals surface area (Å²) in [4.78, 5) is 16.5. The second-order valence-corrected chi connectivity index (χ2v) is 5.46. The van der Waals surface area contributed by atoms with Crippen molar-refractivity contribution in [3.8, 4) is 11.5 Å². The van der Waals surface area contributed by atoms with Crippen molar-refractivity contribution in [2.45, 2.75) is 0 Å². The molecule has 1 aliphatic heterocycles. The number of hydrogen-bond donors (Lipinski definition) is 1. The summed E-state index contributed by atoms with van der Waals surface area (Å²) >= 11 is 6.15. The average molecular weight is 329 g/mol. The number of carbonyl (C=O) groups is 1. The van der Waals surface area contributed by atoms with Crippen LogP contribution in [0.1, 0.15) is 10.4 Å². The van der Waals surface area contributed by atoms with Gasteiger partial charge in [-0.15, -0.1) is 0 Å². The van der Waals surface area contributed by atoms with Crippen molar-refractivity contribution in [3.05, 3.63) is 22.7 Å². The van der Waals surface area contributed by atoms with Gasteiger partial charge in [0.25, 0.3) is 5.91 Å². The maximum absolute atomic E-state index is 12.6. The summed E-state index contributed by atoms with van der Waals surface area (Å²) in [5, 5.41) is 9.30. The molecule has 2 rings (SSSR count). The highest BCUT2D eigenvalue weighted by Gasteiger charge is 2.23. The molecule has 0 bridgehead atoms. The van der Waals surface area contributed by atoms with Crippen LogP contribution < -0.4 is 9.47 Å². The van der Waals surface area contributed by atoms with Crippen LogP contribution in [0.3, 0.4) is 0 Å². The van der Waals surface area contributed by atoms with Crippen LogP contribution >= 0.6 is 11.6 Å². The number of ether oxygens (including phenoxy) is 2. The standard InChI is InChI=1S/C15H21ClN2O4/c1-21-13-10-11(9-12(16)14(13)22-2)15(20)18-5-3-17(4-6-18)7-8-19/h9-10,19H,3-8H2,1-2H3. The lowest BCUT2D eigenvalue weighted by Crippen LogP contribution is -2.49. The van der Waals surface area contributed by atoms with E-state index in [1.54, 1.807) is 17.0 Å². The molecule has 1 aromatic rings. The van der Waals surface area contributed by atoms with Gasteiger partial charge in [-0.2, -0.15) is 0 Å². The number of amides is 1. The van der Waals surface area contributed by atoms with Gasteiger partial charge >= 0.3 is 0 Å². The number of nitrogens with zero attached hydrogens (tertiary/aromatic N) is 2. The Hall–Kier alpha value is -1.50. The lowest BCUT2D eigenvalue weighted by atomic mass is 10.1. The molecule has 0 saturated carbocycles. The van der Waals surface area contributed by atoms with Crippen LogP contribution in [0, 0.1) is 0 Å². The van der Waals surface area contributed by atoms with Crippen LogP contribution in [-0.2, 0) is 0 Å². The zero-order chi connectivity index (χ0) is 16.1. The van der Waals surface area contributed by atoms with Gasteiger partial charge in [0.15, 0.2) is 11.5 Å². The zero-order valence-corrected chi connectivity index (χ0v) is 13.6. The smallest absolute Gasteiger partial charge is 0.254 e. The van der Waals surface area contributed by atoms with E-state index < -0.39 is 0 Å². The third kappa shape index (κ3) is 3.63. The monoisotopic (exact) mass is 328 g/mol. The van der Waals surface area contributed by atoms with Crippen molar-refractivity contribution in [3.63, 3.8) is 0 Å². The van der Waals surface area contributed by atoms with E-state index in [0.717, 1.165) is 13.1 Å². The highest BCUT2D eigenvalue weighted by atomic mass is 35.5.